The first-order valence-corrected chi connectivity index (χ1v) is 9.30. The number of hydrogen-bond donors (Lipinski definition) is 1. The minimum absolute atomic E-state index is 0.0111. The van der Waals surface area contributed by atoms with E-state index in [9.17, 15) is 26.3 Å². The zero-order chi connectivity index (χ0) is 22.1. The molecule has 0 saturated heterocycles. The van der Waals surface area contributed by atoms with Crippen LogP contribution in [-0.4, -0.2) is 24.7 Å². The number of rotatable bonds is 5. The molecule has 2 aromatic rings. The van der Waals surface area contributed by atoms with Crippen molar-refractivity contribution in [1.29, 1.82) is 0 Å². The number of nitrogens with zero attached hydrogens (tertiary/aromatic N) is 1. The molecule has 0 aromatic heterocycles. The molecule has 2 aromatic carbocycles. The molecule has 1 aliphatic heterocycles. The number of likely N-dealkylation sites (N-methyl/N-ethyl adjacent to an activating group) is 1. The number of hydrogen-bond acceptors (Lipinski definition) is 2. The highest BCUT2D eigenvalue weighted by Gasteiger charge is 2.37. The highest BCUT2D eigenvalue weighted by Crippen LogP contribution is 2.38. The molecular weight excluding hydrogens is 406 g/mol. The fraction of sp³-hybridized carbons (Fsp3) is 0.273. The maximum Gasteiger partial charge on any atom is 0.416 e. The topological polar surface area (TPSA) is 15.3 Å². The van der Waals surface area contributed by atoms with Gasteiger partial charge < -0.3 is 10.2 Å². The summed E-state index contributed by atoms with van der Waals surface area (Å²) in [7, 11) is 1.60. The summed E-state index contributed by atoms with van der Waals surface area (Å²) in [5, 5.41) is 2.73. The molecule has 160 valence electrons. The smallest absolute Gasteiger partial charge is 0.381 e. The van der Waals surface area contributed by atoms with Gasteiger partial charge >= 0.3 is 6.18 Å². The van der Waals surface area contributed by atoms with Crippen LogP contribution in [0.5, 0.6) is 0 Å². The van der Waals surface area contributed by atoms with E-state index in [-0.39, 0.29) is 47.6 Å². The van der Waals surface area contributed by atoms with Gasteiger partial charge in [0.05, 0.1) is 5.57 Å². The standard InChI is InChI=1S/C22H20F6N2/c1-3-13-12-30(2)21(10-17(13)22(26,27)28)15-8-7-14(9-20(15)25)29-11-16-18(23)5-4-6-19(16)24/h4-10,29H,3,11-12H2,1-2H3. The Labute approximate surface area is 170 Å². The average Bonchev–Trinajstić information content (AvgIpc) is 2.67. The van der Waals surface area contributed by atoms with E-state index >= 15 is 0 Å². The molecule has 3 rings (SSSR count). The molecule has 1 N–H and O–H groups in total. The number of anilines is 1. The zero-order valence-corrected chi connectivity index (χ0v) is 16.4. The molecule has 2 nitrogen and oxygen atoms in total. The van der Waals surface area contributed by atoms with Gasteiger partial charge in [0.2, 0.25) is 0 Å². The SMILES string of the molecule is CCC1=C(C(F)(F)F)C=C(c2ccc(NCc3c(F)cccc3F)cc2F)N(C)C1. The lowest BCUT2D eigenvalue weighted by Crippen LogP contribution is -2.28. The Bertz CT molecular complexity index is 987. The van der Waals surface area contributed by atoms with Crippen LogP contribution in [0.1, 0.15) is 24.5 Å². The van der Waals surface area contributed by atoms with Crippen molar-refractivity contribution in [3.05, 3.63) is 82.2 Å². The molecule has 0 saturated carbocycles. The highest BCUT2D eigenvalue weighted by molar-refractivity contribution is 5.71. The molecule has 0 amide bonds. The summed E-state index contributed by atoms with van der Waals surface area (Å²) < 4.78 is 82.4. The predicted octanol–water partition coefficient (Wildman–Crippen LogP) is 6.27. The second-order valence-corrected chi connectivity index (χ2v) is 7.00. The normalized spacial score (nSPS) is 14.8. The van der Waals surface area contributed by atoms with Crippen LogP contribution in [0.2, 0.25) is 0 Å². The van der Waals surface area contributed by atoms with Crippen LogP contribution in [-0.2, 0) is 6.54 Å². The zero-order valence-electron chi connectivity index (χ0n) is 16.4. The summed E-state index contributed by atoms with van der Waals surface area (Å²) in [6.07, 6.45) is -3.33. The van der Waals surface area contributed by atoms with Gasteiger partial charge in [-0.15, -0.1) is 0 Å². The van der Waals surface area contributed by atoms with Crippen LogP contribution in [0, 0.1) is 17.5 Å². The van der Waals surface area contributed by atoms with E-state index < -0.39 is 29.2 Å². The molecule has 0 fully saturated rings. The van der Waals surface area contributed by atoms with Crippen LogP contribution in [0.3, 0.4) is 0 Å². The van der Waals surface area contributed by atoms with Gasteiger partial charge in [0.25, 0.3) is 0 Å². The third-order valence-electron chi connectivity index (χ3n) is 5.01. The maximum absolute atomic E-state index is 14.7. The summed E-state index contributed by atoms with van der Waals surface area (Å²) in [5.41, 5.74) is -0.336. The van der Waals surface area contributed by atoms with Crippen LogP contribution < -0.4 is 5.32 Å². The molecule has 8 heteroatoms. The fourth-order valence-corrected chi connectivity index (χ4v) is 3.40. The van der Waals surface area contributed by atoms with Gasteiger partial charge in [-0.3, -0.25) is 0 Å². The third-order valence-corrected chi connectivity index (χ3v) is 5.01. The Morgan fingerprint density at radius 3 is 2.23 bits per heavy atom. The maximum atomic E-state index is 14.7. The Morgan fingerprint density at radius 1 is 1.00 bits per heavy atom. The summed E-state index contributed by atoms with van der Waals surface area (Å²) in [6.45, 7) is 1.48. The molecule has 1 aliphatic rings. The Morgan fingerprint density at radius 2 is 1.67 bits per heavy atom. The first kappa shape index (κ1) is 21.8. The molecule has 0 atom stereocenters. The lowest BCUT2D eigenvalue weighted by molar-refractivity contribution is -0.0896. The van der Waals surface area contributed by atoms with Gasteiger partial charge in [-0.05, 0) is 48.4 Å². The van der Waals surface area contributed by atoms with Crippen LogP contribution in [0.25, 0.3) is 5.70 Å². The van der Waals surface area contributed by atoms with Crippen LogP contribution in [0.4, 0.5) is 32.0 Å². The van der Waals surface area contributed by atoms with Crippen molar-refractivity contribution >= 4 is 11.4 Å². The van der Waals surface area contributed by atoms with E-state index in [4.69, 9.17) is 0 Å². The Balaban J connectivity index is 1.88. The van der Waals surface area contributed by atoms with Gasteiger partial charge in [0.15, 0.2) is 0 Å². The van der Waals surface area contributed by atoms with E-state index in [0.717, 1.165) is 24.3 Å². The molecule has 1 heterocycles. The first-order valence-electron chi connectivity index (χ1n) is 9.30. The van der Waals surface area contributed by atoms with Gasteiger partial charge in [0.1, 0.15) is 17.5 Å². The van der Waals surface area contributed by atoms with Gasteiger partial charge in [-0.25, -0.2) is 13.2 Å². The van der Waals surface area contributed by atoms with E-state index in [1.165, 1.54) is 18.2 Å². The predicted molar refractivity (Wildman–Crippen MR) is 104 cm³/mol. The number of alkyl halides is 3. The number of benzene rings is 2. The minimum Gasteiger partial charge on any atom is -0.381 e. The van der Waals surface area contributed by atoms with E-state index in [1.807, 2.05) is 0 Å². The molecule has 30 heavy (non-hydrogen) atoms. The quantitative estimate of drug-likeness (QED) is 0.567. The summed E-state index contributed by atoms with van der Waals surface area (Å²) in [5.74, 6) is -2.20. The van der Waals surface area contributed by atoms with E-state index in [0.29, 0.717) is 0 Å². The van der Waals surface area contributed by atoms with Crippen molar-refractivity contribution in [2.24, 2.45) is 0 Å². The molecule has 0 aliphatic carbocycles. The van der Waals surface area contributed by atoms with Gasteiger partial charge in [-0.1, -0.05) is 13.0 Å². The van der Waals surface area contributed by atoms with Crippen molar-refractivity contribution in [3.8, 4) is 0 Å². The second kappa shape index (κ2) is 8.45. The number of halogens is 6. The lowest BCUT2D eigenvalue weighted by Gasteiger charge is -2.31. The van der Waals surface area contributed by atoms with Crippen molar-refractivity contribution in [3.63, 3.8) is 0 Å². The second-order valence-electron chi connectivity index (χ2n) is 7.00. The van der Waals surface area contributed by atoms with E-state index in [2.05, 4.69) is 5.32 Å². The van der Waals surface area contributed by atoms with Crippen molar-refractivity contribution in [1.82, 2.24) is 4.90 Å². The van der Waals surface area contributed by atoms with Crippen molar-refractivity contribution in [2.45, 2.75) is 26.1 Å². The first-order chi connectivity index (χ1) is 14.1. The summed E-state index contributed by atoms with van der Waals surface area (Å²) >= 11 is 0. The molecule has 0 spiro atoms. The monoisotopic (exact) mass is 426 g/mol. The minimum atomic E-state index is -4.53. The average molecular weight is 426 g/mol. The Kier molecular flexibility index (Phi) is 6.14. The highest BCUT2D eigenvalue weighted by atomic mass is 19.4. The van der Waals surface area contributed by atoms with Crippen LogP contribution in [0.15, 0.2) is 53.6 Å². The van der Waals surface area contributed by atoms with Crippen molar-refractivity contribution < 1.29 is 26.3 Å². The lowest BCUT2D eigenvalue weighted by atomic mass is 9.96. The number of allylic oxidation sites excluding steroid dienone is 2. The van der Waals surface area contributed by atoms with Crippen molar-refractivity contribution in [2.75, 3.05) is 18.9 Å². The molecule has 0 bridgehead atoms. The fourth-order valence-electron chi connectivity index (χ4n) is 3.40. The van der Waals surface area contributed by atoms with Gasteiger partial charge in [0, 0.05) is 42.6 Å². The van der Waals surface area contributed by atoms with Gasteiger partial charge in [-0.2, -0.15) is 13.2 Å². The summed E-state index contributed by atoms with van der Waals surface area (Å²) in [4.78, 5) is 1.56. The third kappa shape index (κ3) is 4.47. The van der Waals surface area contributed by atoms with Crippen LogP contribution >= 0.6 is 0 Å². The molecule has 0 unspecified atom stereocenters. The largest absolute Gasteiger partial charge is 0.416 e. The molecular formula is C22H20F6N2. The number of nitrogens with one attached hydrogen (secondary N) is 1. The molecule has 0 radical (unpaired) electrons. The summed E-state index contributed by atoms with van der Waals surface area (Å²) in [6, 6.07) is 7.37. The van der Waals surface area contributed by atoms with E-state index in [1.54, 1.807) is 18.9 Å². The Hall–Kier alpha value is -2.90.